The first kappa shape index (κ1) is 11.1. The summed E-state index contributed by atoms with van der Waals surface area (Å²) in [5.41, 5.74) is 10.7. The van der Waals surface area contributed by atoms with Crippen molar-refractivity contribution in [1.29, 1.82) is 0 Å². The molecule has 1 aromatic heterocycles. The van der Waals surface area contributed by atoms with Crippen molar-refractivity contribution in [3.63, 3.8) is 0 Å². The number of rotatable bonds is 3. The highest BCUT2D eigenvalue weighted by Gasteiger charge is 2.21. The molecule has 0 aliphatic rings. The van der Waals surface area contributed by atoms with E-state index in [1.807, 2.05) is 0 Å². The zero-order chi connectivity index (χ0) is 10.7. The molecule has 0 aromatic carbocycles. The second-order valence-electron chi connectivity index (χ2n) is 2.71. The Labute approximate surface area is 85.5 Å². The molecule has 0 fully saturated rings. The van der Waals surface area contributed by atoms with Crippen LogP contribution in [-0.4, -0.2) is 32.8 Å². The molecular weight excluding hydrogens is 208 g/mol. The summed E-state index contributed by atoms with van der Waals surface area (Å²) in [5.74, 6) is -0.0162. The van der Waals surface area contributed by atoms with Gasteiger partial charge in [0.1, 0.15) is 22.8 Å². The molecule has 0 saturated carbocycles. The van der Waals surface area contributed by atoms with Crippen molar-refractivity contribution >= 4 is 17.4 Å². The first-order chi connectivity index (χ1) is 6.56. The van der Waals surface area contributed by atoms with E-state index in [1.165, 1.54) is 6.20 Å². The number of aromatic nitrogens is 2. The minimum Gasteiger partial charge on any atom is -0.389 e. The van der Waals surface area contributed by atoms with Gasteiger partial charge in [0.25, 0.3) is 0 Å². The van der Waals surface area contributed by atoms with Crippen molar-refractivity contribution in [3.8, 4) is 0 Å². The molecule has 2 atom stereocenters. The van der Waals surface area contributed by atoms with Gasteiger partial charge in [0, 0.05) is 6.54 Å². The topological polar surface area (TPSA) is 118 Å². The fourth-order valence-electron chi connectivity index (χ4n) is 0.929. The molecule has 0 saturated heterocycles. The molecule has 0 aliphatic heterocycles. The van der Waals surface area contributed by atoms with Crippen molar-refractivity contribution in [3.05, 3.63) is 17.0 Å². The molecule has 14 heavy (non-hydrogen) atoms. The second kappa shape index (κ2) is 4.52. The fraction of sp³-hybridized carbons (Fsp3) is 0.429. The van der Waals surface area contributed by atoms with Gasteiger partial charge >= 0.3 is 0 Å². The number of nitrogen functional groups attached to an aromatic ring is 1. The molecule has 1 rings (SSSR count). The van der Waals surface area contributed by atoms with Crippen LogP contribution < -0.4 is 11.5 Å². The van der Waals surface area contributed by atoms with E-state index in [0.717, 1.165) is 0 Å². The van der Waals surface area contributed by atoms with E-state index in [1.54, 1.807) is 0 Å². The summed E-state index contributed by atoms with van der Waals surface area (Å²) < 4.78 is 0. The van der Waals surface area contributed by atoms with E-state index in [9.17, 15) is 10.2 Å². The van der Waals surface area contributed by atoms with E-state index in [4.69, 9.17) is 23.1 Å². The summed E-state index contributed by atoms with van der Waals surface area (Å²) >= 11 is 5.51. The molecule has 0 aliphatic carbocycles. The van der Waals surface area contributed by atoms with Gasteiger partial charge in [-0.2, -0.15) is 0 Å². The SMILES string of the molecule is NCC(O)C(O)c1ncc(Cl)nc1N. The molecule has 2 unspecified atom stereocenters. The van der Waals surface area contributed by atoms with Crippen molar-refractivity contribution in [2.45, 2.75) is 12.2 Å². The van der Waals surface area contributed by atoms with Crippen molar-refractivity contribution in [2.24, 2.45) is 5.73 Å². The molecule has 0 amide bonds. The molecule has 7 heteroatoms. The summed E-state index contributed by atoms with van der Waals surface area (Å²) in [7, 11) is 0. The predicted octanol–water partition coefficient (Wildman–Crippen LogP) is -0.935. The van der Waals surface area contributed by atoms with Gasteiger partial charge < -0.3 is 21.7 Å². The van der Waals surface area contributed by atoms with Gasteiger partial charge in [-0.15, -0.1) is 0 Å². The van der Waals surface area contributed by atoms with Crippen LogP contribution in [0.25, 0.3) is 0 Å². The van der Waals surface area contributed by atoms with Crippen molar-refractivity contribution in [1.82, 2.24) is 9.97 Å². The Bertz CT molecular complexity index is 323. The lowest BCUT2D eigenvalue weighted by Crippen LogP contribution is -2.28. The van der Waals surface area contributed by atoms with E-state index < -0.39 is 12.2 Å². The first-order valence-corrected chi connectivity index (χ1v) is 4.28. The van der Waals surface area contributed by atoms with Gasteiger partial charge in [-0.3, -0.25) is 4.98 Å². The number of hydrogen-bond acceptors (Lipinski definition) is 6. The summed E-state index contributed by atoms with van der Waals surface area (Å²) in [6.45, 7) is -0.0923. The van der Waals surface area contributed by atoms with Crippen LogP contribution in [0.4, 0.5) is 5.82 Å². The quantitative estimate of drug-likeness (QED) is 0.520. The highest BCUT2D eigenvalue weighted by atomic mass is 35.5. The summed E-state index contributed by atoms with van der Waals surface area (Å²) in [4.78, 5) is 7.44. The first-order valence-electron chi connectivity index (χ1n) is 3.90. The van der Waals surface area contributed by atoms with Crippen molar-refractivity contribution in [2.75, 3.05) is 12.3 Å². The monoisotopic (exact) mass is 218 g/mol. The zero-order valence-electron chi connectivity index (χ0n) is 7.26. The summed E-state index contributed by atoms with van der Waals surface area (Å²) in [6, 6.07) is 0. The lowest BCUT2D eigenvalue weighted by Gasteiger charge is -2.16. The number of aliphatic hydroxyl groups is 2. The Morgan fingerprint density at radius 3 is 2.64 bits per heavy atom. The molecule has 6 N–H and O–H groups in total. The molecule has 1 heterocycles. The Balaban J connectivity index is 2.95. The molecule has 0 radical (unpaired) electrons. The van der Waals surface area contributed by atoms with Gasteiger partial charge in [-0.1, -0.05) is 11.6 Å². The lowest BCUT2D eigenvalue weighted by atomic mass is 10.1. The zero-order valence-corrected chi connectivity index (χ0v) is 8.02. The van der Waals surface area contributed by atoms with E-state index in [-0.39, 0.29) is 23.2 Å². The molecular formula is C7H11ClN4O2. The lowest BCUT2D eigenvalue weighted by molar-refractivity contribution is 0.0220. The third-order valence-corrected chi connectivity index (χ3v) is 1.87. The maximum Gasteiger partial charge on any atom is 0.149 e. The molecule has 1 aromatic rings. The highest BCUT2D eigenvalue weighted by molar-refractivity contribution is 6.29. The van der Waals surface area contributed by atoms with Crippen LogP contribution in [-0.2, 0) is 0 Å². The Hall–Kier alpha value is -0.950. The smallest absolute Gasteiger partial charge is 0.149 e. The van der Waals surface area contributed by atoms with Crippen molar-refractivity contribution < 1.29 is 10.2 Å². The minimum atomic E-state index is -1.25. The number of halogens is 1. The van der Waals surface area contributed by atoms with Crippen LogP contribution in [0, 0.1) is 0 Å². The fourth-order valence-corrected chi connectivity index (χ4v) is 1.07. The summed E-state index contributed by atoms with van der Waals surface area (Å²) in [6.07, 6.45) is -1.13. The average molecular weight is 219 g/mol. The van der Waals surface area contributed by atoms with E-state index >= 15 is 0 Å². The molecule has 6 nitrogen and oxygen atoms in total. The Morgan fingerprint density at radius 1 is 1.50 bits per heavy atom. The number of aliphatic hydroxyl groups excluding tert-OH is 2. The average Bonchev–Trinajstić information content (AvgIpc) is 2.15. The number of nitrogens with zero attached hydrogens (tertiary/aromatic N) is 2. The summed E-state index contributed by atoms with van der Waals surface area (Å²) in [5, 5.41) is 18.9. The molecule has 0 spiro atoms. The van der Waals surface area contributed by atoms with Crippen LogP contribution in [0.3, 0.4) is 0 Å². The molecule has 78 valence electrons. The van der Waals surface area contributed by atoms with Gasteiger partial charge in [0.05, 0.1) is 12.3 Å². The van der Waals surface area contributed by atoms with Gasteiger partial charge in [-0.25, -0.2) is 4.98 Å². The molecule has 0 bridgehead atoms. The van der Waals surface area contributed by atoms with Crippen LogP contribution in [0.5, 0.6) is 0 Å². The number of anilines is 1. The maximum atomic E-state index is 9.51. The minimum absolute atomic E-state index is 0.0162. The van der Waals surface area contributed by atoms with E-state index in [2.05, 4.69) is 9.97 Å². The third-order valence-electron chi connectivity index (χ3n) is 1.69. The highest BCUT2D eigenvalue weighted by Crippen LogP contribution is 2.20. The van der Waals surface area contributed by atoms with E-state index in [0.29, 0.717) is 0 Å². The number of nitrogens with two attached hydrogens (primary N) is 2. The largest absolute Gasteiger partial charge is 0.389 e. The van der Waals surface area contributed by atoms with Crippen LogP contribution in [0.15, 0.2) is 6.20 Å². The van der Waals surface area contributed by atoms with Crippen LogP contribution in [0.2, 0.25) is 5.15 Å². The third kappa shape index (κ3) is 2.30. The Morgan fingerprint density at radius 2 is 2.14 bits per heavy atom. The second-order valence-corrected chi connectivity index (χ2v) is 3.10. The van der Waals surface area contributed by atoms with Crippen LogP contribution >= 0.6 is 11.6 Å². The van der Waals surface area contributed by atoms with Crippen LogP contribution in [0.1, 0.15) is 11.8 Å². The standard InChI is InChI=1S/C7H11ClN4O2/c8-4-2-11-5(7(10)12-4)6(14)3(13)1-9/h2-3,6,13-14H,1,9H2,(H2,10,12). The van der Waals surface area contributed by atoms with Gasteiger partial charge in [0.2, 0.25) is 0 Å². The number of hydrogen-bond donors (Lipinski definition) is 4. The van der Waals surface area contributed by atoms with Gasteiger partial charge in [0.15, 0.2) is 0 Å². The predicted molar refractivity (Wildman–Crippen MR) is 51.5 cm³/mol. The van der Waals surface area contributed by atoms with Gasteiger partial charge in [-0.05, 0) is 0 Å². The normalized spacial score (nSPS) is 15.1. The maximum absolute atomic E-state index is 9.51. The Kier molecular flexibility index (Phi) is 3.59.